The summed E-state index contributed by atoms with van der Waals surface area (Å²) in [4.78, 5) is 14.7. The summed E-state index contributed by atoms with van der Waals surface area (Å²) in [5.41, 5.74) is 2.13. The molecule has 2 aliphatic rings. The molecule has 2 fully saturated rings. The van der Waals surface area contributed by atoms with Crippen molar-refractivity contribution in [3.63, 3.8) is 0 Å². The fourth-order valence-electron chi connectivity index (χ4n) is 3.81. The van der Waals surface area contributed by atoms with Gasteiger partial charge in [0.25, 0.3) is 5.91 Å². The minimum Gasteiger partial charge on any atom is -0.352 e. The standard InChI is InChI=1S/C20H31N3O/c24-20(22-12-1-2-13-23-14-3-4-15-23)18-9-7-17(8-10-18)19-6-5-11-21-16-19/h7-10,19,21H,1-6,11-16H2,(H,22,24)/t19-/m1/s1. The average molecular weight is 329 g/mol. The number of likely N-dealkylation sites (tertiary alicyclic amines) is 1. The van der Waals surface area contributed by atoms with Crippen LogP contribution in [0.3, 0.4) is 0 Å². The first-order valence-corrected chi connectivity index (χ1v) is 9.64. The highest BCUT2D eigenvalue weighted by Gasteiger charge is 2.15. The predicted octanol–water partition coefficient (Wildman–Crippen LogP) is 2.76. The highest BCUT2D eigenvalue weighted by Crippen LogP contribution is 2.23. The maximum Gasteiger partial charge on any atom is 0.251 e. The predicted molar refractivity (Wildman–Crippen MR) is 98.5 cm³/mol. The molecule has 2 heterocycles. The lowest BCUT2D eigenvalue weighted by Crippen LogP contribution is -2.28. The van der Waals surface area contributed by atoms with Crippen molar-refractivity contribution in [1.82, 2.24) is 15.5 Å². The Hall–Kier alpha value is -1.39. The Kier molecular flexibility index (Phi) is 6.67. The van der Waals surface area contributed by atoms with Crippen LogP contribution in [0.4, 0.5) is 0 Å². The van der Waals surface area contributed by atoms with Crippen LogP contribution in [-0.2, 0) is 0 Å². The Balaban J connectivity index is 1.36. The van der Waals surface area contributed by atoms with Gasteiger partial charge in [0, 0.05) is 18.7 Å². The van der Waals surface area contributed by atoms with Gasteiger partial charge >= 0.3 is 0 Å². The third-order valence-electron chi connectivity index (χ3n) is 5.33. The normalized spacial score (nSPS) is 21.8. The van der Waals surface area contributed by atoms with Crippen LogP contribution in [0.25, 0.3) is 0 Å². The molecule has 4 nitrogen and oxygen atoms in total. The number of unbranched alkanes of at least 4 members (excludes halogenated alkanes) is 1. The molecule has 3 rings (SSSR count). The molecule has 0 unspecified atom stereocenters. The molecule has 2 aliphatic heterocycles. The van der Waals surface area contributed by atoms with Crippen LogP contribution in [0.2, 0.25) is 0 Å². The highest BCUT2D eigenvalue weighted by molar-refractivity contribution is 5.94. The number of benzene rings is 1. The van der Waals surface area contributed by atoms with E-state index in [0.717, 1.165) is 31.6 Å². The number of rotatable bonds is 7. The van der Waals surface area contributed by atoms with Crippen molar-refractivity contribution >= 4 is 5.91 Å². The van der Waals surface area contributed by atoms with Crippen molar-refractivity contribution in [3.8, 4) is 0 Å². The number of carbonyl (C=O) groups excluding carboxylic acids is 1. The van der Waals surface area contributed by atoms with E-state index in [4.69, 9.17) is 0 Å². The van der Waals surface area contributed by atoms with E-state index in [9.17, 15) is 4.79 Å². The zero-order valence-electron chi connectivity index (χ0n) is 14.7. The number of hydrogen-bond acceptors (Lipinski definition) is 3. The number of piperidine rings is 1. The van der Waals surface area contributed by atoms with Gasteiger partial charge in [-0.15, -0.1) is 0 Å². The summed E-state index contributed by atoms with van der Waals surface area (Å²) < 4.78 is 0. The lowest BCUT2D eigenvalue weighted by Gasteiger charge is -2.23. The van der Waals surface area contributed by atoms with Gasteiger partial charge in [-0.25, -0.2) is 0 Å². The van der Waals surface area contributed by atoms with Gasteiger partial charge in [-0.3, -0.25) is 4.79 Å². The van der Waals surface area contributed by atoms with E-state index in [1.54, 1.807) is 0 Å². The first kappa shape index (κ1) is 17.4. The molecular formula is C20H31N3O. The van der Waals surface area contributed by atoms with E-state index in [0.29, 0.717) is 5.92 Å². The summed E-state index contributed by atoms with van der Waals surface area (Å²) in [5, 5.41) is 6.50. The highest BCUT2D eigenvalue weighted by atomic mass is 16.1. The van der Waals surface area contributed by atoms with Gasteiger partial charge in [0.1, 0.15) is 0 Å². The number of carbonyl (C=O) groups is 1. The maximum atomic E-state index is 12.2. The molecule has 0 radical (unpaired) electrons. The zero-order chi connectivity index (χ0) is 16.6. The number of amides is 1. The van der Waals surface area contributed by atoms with Crippen LogP contribution in [0, 0.1) is 0 Å². The van der Waals surface area contributed by atoms with E-state index in [1.165, 1.54) is 57.3 Å². The summed E-state index contributed by atoms with van der Waals surface area (Å²) in [7, 11) is 0. The molecule has 4 heteroatoms. The van der Waals surface area contributed by atoms with Gasteiger partial charge in [0.2, 0.25) is 0 Å². The van der Waals surface area contributed by atoms with Crippen molar-refractivity contribution in [2.24, 2.45) is 0 Å². The Morgan fingerprint density at radius 1 is 1.12 bits per heavy atom. The van der Waals surface area contributed by atoms with Gasteiger partial charge in [0.15, 0.2) is 0 Å². The van der Waals surface area contributed by atoms with Crippen molar-refractivity contribution in [2.75, 3.05) is 39.3 Å². The second-order valence-corrected chi connectivity index (χ2v) is 7.18. The van der Waals surface area contributed by atoms with Crippen LogP contribution < -0.4 is 10.6 Å². The lowest BCUT2D eigenvalue weighted by atomic mass is 9.91. The molecule has 0 aliphatic carbocycles. The SMILES string of the molecule is O=C(NCCCCN1CCCC1)c1ccc([C@@H]2CCCNC2)cc1. The van der Waals surface area contributed by atoms with Gasteiger partial charge in [-0.2, -0.15) is 0 Å². The van der Waals surface area contributed by atoms with Gasteiger partial charge in [-0.05, 0) is 88.3 Å². The number of nitrogens with zero attached hydrogens (tertiary/aromatic N) is 1. The van der Waals surface area contributed by atoms with Crippen LogP contribution in [0.1, 0.15) is 60.4 Å². The van der Waals surface area contributed by atoms with Crippen molar-refractivity contribution in [3.05, 3.63) is 35.4 Å². The molecule has 1 atom stereocenters. The fourth-order valence-corrected chi connectivity index (χ4v) is 3.81. The van der Waals surface area contributed by atoms with Crippen LogP contribution >= 0.6 is 0 Å². The monoisotopic (exact) mass is 329 g/mol. The molecule has 0 saturated carbocycles. The second kappa shape index (κ2) is 9.19. The smallest absolute Gasteiger partial charge is 0.251 e. The Labute approximate surface area is 146 Å². The quantitative estimate of drug-likeness (QED) is 0.756. The Morgan fingerprint density at radius 3 is 2.62 bits per heavy atom. The molecule has 2 saturated heterocycles. The van der Waals surface area contributed by atoms with E-state index >= 15 is 0 Å². The van der Waals surface area contributed by atoms with Crippen LogP contribution in [0.15, 0.2) is 24.3 Å². The molecule has 2 N–H and O–H groups in total. The van der Waals surface area contributed by atoms with Crippen molar-refractivity contribution < 1.29 is 4.79 Å². The minimum atomic E-state index is 0.0597. The van der Waals surface area contributed by atoms with E-state index in [-0.39, 0.29) is 5.91 Å². The number of hydrogen-bond donors (Lipinski definition) is 2. The van der Waals surface area contributed by atoms with Gasteiger partial charge < -0.3 is 15.5 Å². The van der Waals surface area contributed by atoms with Crippen molar-refractivity contribution in [2.45, 2.75) is 44.4 Å². The minimum absolute atomic E-state index is 0.0597. The van der Waals surface area contributed by atoms with Gasteiger partial charge in [0.05, 0.1) is 0 Å². The molecule has 0 bridgehead atoms. The summed E-state index contributed by atoms with van der Waals surface area (Å²) in [6, 6.07) is 8.20. The lowest BCUT2D eigenvalue weighted by molar-refractivity contribution is 0.0952. The average Bonchev–Trinajstić information content (AvgIpc) is 3.16. The zero-order valence-corrected chi connectivity index (χ0v) is 14.7. The maximum absolute atomic E-state index is 12.2. The summed E-state index contributed by atoms with van der Waals surface area (Å²) in [6.07, 6.45) is 7.43. The molecule has 1 amide bonds. The van der Waals surface area contributed by atoms with Crippen LogP contribution in [0.5, 0.6) is 0 Å². The summed E-state index contributed by atoms with van der Waals surface area (Å²) in [5.74, 6) is 0.658. The Morgan fingerprint density at radius 2 is 1.92 bits per heavy atom. The summed E-state index contributed by atoms with van der Waals surface area (Å²) in [6.45, 7) is 6.67. The van der Waals surface area contributed by atoms with Gasteiger partial charge in [-0.1, -0.05) is 12.1 Å². The van der Waals surface area contributed by atoms with Crippen molar-refractivity contribution in [1.29, 1.82) is 0 Å². The first-order chi connectivity index (χ1) is 11.8. The fraction of sp³-hybridized carbons (Fsp3) is 0.650. The molecule has 0 aromatic heterocycles. The Bertz CT molecular complexity index is 502. The second-order valence-electron chi connectivity index (χ2n) is 7.18. The van der Waals surface area contributed by atoms with E-state index < -0.39 is 0 Å². The third-order valence-corrected chi connectivity index (χ3v) is 5.33. The first-order valence-electron chi connectivity index (χ1n) is 9.64. The molecule has 0 spiro atoms. The third kappa shape index (κ3) is 5.05. The van der Waals surface area contributed by atoms with Crippen LogP contribution in [-0.4, -0.2) is 50.1 Å². The molecule has 24 heavy (non-hydrogen) atoms. The van der Waals surface area contributed by atoms with E-state index in [1.807, 2.05) is 12.1 Å². The topological polar surface area (TPSA) is 44.4 Å². The summed E-state index contributed by atoms with van der Waals surface area (Å²) >= 11 is 0. The number of nitrogens with one attached hydrogen (secondary N) is 2. The molecule has 1 aromatic rings. The molecule has 132 valence electrons. The van der Waals surface area contributed by atoms with E-state index in [2.05, 4.69) is 27.7 Å². The molecular weight excluding hydrogens is 298 g/mol. The molecule has 1 aromatic carbocycles. The largest absolute Gasteiger partial charge is 0.352 e.